The van der Waals surface area contributed by atoms with Crippen LogP contribution in [-0.2, 0) is 22.6 Å². The Morgan fingerprint density at radius 3 is 2.95 bits per heavy atom. The molecule has 5 heteroatoms. The van der Waals surface area contributed by atoms with Crippen LogP contribution in [0.2, 0.25) is 0 Å². The van der Waals surface area contributed by atoms with Crippen molar-refractivity contribution in [1.82, 2.24) is 4.98 Å². The maximum atomic E-state index is 12.0. The van der Waals surface area contributed by atoms with Crippen molar-refractivity contribution in [3.05, 3.63) is 59.4 Å². The molecule has 1 aliphatic rings. The Bertz CT molecular complexity index is 683. The molecule has 0 aliphatic carbocycles. The Morgan fingerprint density at radius 2 is 2.14 bits per heavy atom. The minimum Gasteiger partial charge on any atom is -0.456 e. The Labute approximate surface area is 122 Å². The summed E-state index contributed by atoms with van der Waals surface area (Å²) in [5.41, 5.74) is 2.92. The molecule has 0 bridgehead atoms. The number of rotatable bonds is 3. The Kier molecular flexibility index (Phi) is 3.64. The quantitative estimate of drug-likeness (QED) is 0.877. The summed E-state index contributed by atoms with van der Waals surface area (Å²) in [7, 11) is 0. The van der Waals surface area contributed by atoms with Crippen LogP contribution in [0.3, 0.4) is 0 Å². The highest BCUT2D eigenvalue weighted by Crippen LogP contribution is 2.23. The molecule has 3 rings (SSSR count). The maximum Gasteiger partial charge on any atom is 0.338 e. The molecule has 1 aromatic carbocycles. The number of carbonyl (C=O) groups is 2. The van der Waals surface area contributed by atoms with Gasteiger partial charge in [-0.2, -0.15) is 0 Å². The van der Waals surface area contributed by atoms with Gasteiger partial charge in [-0.3, -0.25) is 9.78 Å². The van der Waals surface area contributed by atoms with Gasteiger partial charge >= 0.3 is 5.97 Å². The fraction of sp³-hybridized carbons (Fsp3) is 0.188. The smallest absolute Gasteiger partial charge is 0.338 e. The molecule has 5 nitrogen and oxygen atoms in total. The number of pyridine rings is 1. The molecule has 1 aliphatic heterocycles. The van der Waals surface area contributed by atoms with Crippen LogP contribution in [0.15, 0.2) is 42.6 Å². The van der Waals surface area contributed by atoms with Gasteiger partial charge in [-0.15, -0.1) is 0 Å². The highest BCUT2D eigenvalue weighted by atomic mass is 16.5. The van der Waals surface area contributed by atoms with E-state index in [1.807, 2.05) is 12.1 Å². The van der Waals surface area contributed by atoms with Crippen molar-refractivity contribution in [3.63, 3.8) is 0 Å². The van der Waals surface area contributed by atoms with E-state index in [0.717, 1.165) is 11.3 Å². The van der Waals surface area contributed by atoms with E-state index in [9.17, 15) is 9.59 Å². The van der Waals surface area contributed by atoms with E-state index in [2.05, 4.69) is 10.3 Å². The van der Waals surface area contributed by atoms with Gasteiger partial charge in [0.25, 0.3) is 0 Å². The van der Waals surface area contributed by atoms with Crippen LogP contribution >= 0.6 is 0 Å². The third-order valence-corrected chi connectivity index (χ3v) is 3.31. The summed E-state index contributed by atoms with van der Waals surface area (Å²) < 4.78 is 5.24. The Balaban J connectivity index is 1.69. The number of nitrogens with one attached hydrogen (secondary N) is 1. The molecule has 0 fully saturated rings. The third kappa shape index (κ3) is 3.08. The second-order valence-corrected chi connectivity index (χ2v) is 4.82. The predicted molar refractivity (Wildman–Crippen MR) is 76.7 cm³/mol. The molecule has 1 N–H and O–H groups in total. The molecule has 2 heterocycles. The summed E-state index contributed by atoms with van der Waals surface area (Å²) in [6.07, 6.45) is 2.74. The zero-order chi connectivity index (χ0) is 14.7. The molecule has 0 spiro atoms. The number of hydrogen-bond donors (Lipinski definition) is 1. The van der Waals surface area contributed by atoms with Crippen molar-refractivity contribution in [2.75, 3.05) is 5.32 Å². The third-order valence-electron chi connectivity index (χ3n) is 3.31. The van der Waals surface area contributed by atoms with Crippen LogP contribution in [0.25, 0.3) is 0 Å². The average Bonchev–Trinajstić information content (AvgIpc) is 2.53. The van der Waals surface area contributed by atoms with Crippen LogP contribution in [0.1, 0.15) is 28.0 Å². The first-order valence-electron chi connectivity index (χ1n) is 6.72. The molecule has 0 unspecified atom stereocenters. The van der Waals surface area contributed by atoms with Crippen molar-refractivity contribution in [2.24, 2.45) is 0 Å². The van der Waals surface area contributed by atoms with Crippen molar-refractivity contribution >= 4 is 17.6 Å². The number of fused-ring (bicyclic) bond motifs is 1. The van der Waals surface area contributed by atoms with Crippen LogP contribution in [0.4, 0.5) is 5.69 Å². The fourth-order valence-corrected chi connectivity index (χ4v) is 2.22. The lowest BCUT2D eigenvalue weighted by molar-refractivity contribution is -0.116. The van der Waals surface area contributed by atoms with Gasteiger partial charge in [0.05, 0.1) is 11.3 Å². The monoisotopic (exact) mass is 282 g/mol. The van der Waals surface area contributed by atoms with Crippen LogP contribution < -0.4 is 5.32 Å². The number of nitrogens with zero attached hydrogens (tertiary/aromatic N) is 1. The second kappa shape index (κ2) is 5.75. The van der Waals surface area contributed by atoms with Crippen LogP contribution in [-0.4, -0.2) is 16.9 Å². The van der Waals surface area contributed by atoms with E-state index < -0.39 is 0 Å². The van der Waals surface area contributed by atoms with Crippen molar-refractivity contribution in [3.8, 4) is 0 Å². The predicted octanol–water partition coefficient (Wildman–Crippen LogP) is 2.32. The number of esters is 1. The van der Waals surface area contributed by atoms with Gasteiger partial charge in [-0.25, -0.2) is 4.79 Å². The lowest BCUT2D eigenvalue weighted by Crippen LogP contribution is -2.19. The standard InChI is InChI=1S/C16H14N2O3/c19-15-7-5-11-9-12(4-6-14(11)18-15)16(20)21-10-13-3-1-2-8-17-13/h1-4,6,8-9H,5,7,10H2,(H,18,19). The van der Waals surface area contributed by atoms with Gasteiger partial charge in [0.2, 0.25) is 5.91 Å². The summed E-state index contributed by atoms with van der Waals surface area (Å²) in [4.78, 5) is 27.4. The molecule has 1 aromatic heterocycles. The van der Waals surface area contributed by atoms with Crippen molar-refractivity contribution in [2.45, 2.75) is 19.4 Å². The van der Waals surface area contributed by atoms with Gasteiger partial charge in [0, 0.05) is 18.3 Å². The van der Waals surface area contributed by atoms with Gasteiger partial charge < -0.3 is 10.1 Å². The molecule has 106 valence electrons. The second-order valence-electron chi connectivity index (χ2n) is 4.82. The van der Waals surface area contributed by atoms with Crippen LogP contribution in [0.5, 0.6) is 0 Å². The minimum atomic E-state index is -0.389. The Morgan fingerprint density at radius 1 is 1.24 bits per heavy atom. The van der Waals surface area contributed by atoms with Crippen molar-refractivity contribution < 1.29 is 14.3 Å². The van der Waals surface area contributed by atoms with Gasteiger partial charge in [0.1, 0.15) is 6.61 Å². The molecule has 0 saturated heterocycles. The fourth-order valence-electron chi connectivity index (χ4n) is 2.22. The molecule has 0 saturated carbocycles. The number of carbonyl (C=O) groups excluding carboxylic acids is 2. The van der Waals surface area contributed by atoms with Gasteiger partial charge in [-0.05, 0) is 42.3 Å². The normalized spacial score (nSPS) is 13.2. The minimum absolute atomic E-state index is 0.00739. The summed E-state index contributed by atoms with van der Waals surface area (Å²) in [5, 5.41) is 2.78. The molecule has 21 heavy (non-hydrogen) atoms. The molecule has 2 aromatic rings. The van der Waals surface area contributed by atoms with Crippen LogP contribution in [0, 0.1) is 0 Å². The van der Waals surface area contributed by atoms with E-state index in [1.54, 1.807) is 30.5 Å². The first-order chi connectivity index (χ1) is 10.2. The molecular weight excluding hydrogens is 268 g/mol. The largest absolute Gasteiger partial charge is 0.456 e. The summed E-state index contributed by atoms with van der Waals surface area (Å²) in [6.45, 7) is 0.146. The number of anilines is 1. The van der Waals surface area contributed by atoms with E-state index in [1.165, 1.54) is 0 Å². The van der Waals surface area contributed by atoms with E-state index in [-0.39, 0.29) is 18.5 Å². The van der Waals surface area contributed by atoms with E-state index >= 15 is 0 Å². The van der Waals surface area contributed by atoms with Gasteiger partial charge in [-0.1, -0.05) is 6.07 Å². The first-order valence-corrected chi connectivity index (χ1v) is 6.72. The molecule has 1 amide bonds. The molecule has 0 radical (unpaired) electrons. The topological polar surface area (TPSA) is 68.3 Å². The number of benzene rings is 1. The summed E-state index contributed by atoms with van der Waals surface area (Å²) >= 11 is 0. The lowest BCUT2D eigenvalue weighted by atomic mass is 10.0. The molecular formula is C16H14N2O3. The highest BCUT2D eigenvalue weighted by Gasteiger charge is 2.17. The first kappa shape index (κ1) is 13.3. The molecule has 0 atom stereocenters. The summed E-state index contributed by atoms with van der Waals surface area (Å²) in [5.74, 6) is -0.381. The zero-order valence-electron chi connectivity index (χ0n) is 11.3. The SMILES string of the molecule is O=C1CCc2cc(C(=O)OCc3ccccn3)ccc2N1. The van der Waals surface area contributed by atoms with E-state index in [0.29, 0.717) is 24.1 Å². The highest BCUT2D eigenvalue weighted by molar-refractivity contribution is 5.96. The maximum absolute atomic E-state index is 12.0. The Hall–Kier alpha value is -2.69. The average molecular weight is 282 g/mol. The number of aromatic nitrogens is 1. The van der Waals surface area contributed by atoms with Gasteiger partial charge in [0.15, 0.2) is 0 Å². The summed E-state index contributed by atoms with van der Waals surface area (Å²) in [6, 6.07) is 10.6. The van der Waals surface area contributed by atoms with E-state index in [4.69, 9.17) is 4.74 Å². The number of aryl methyl sites for hydroxylation is 1. The number of ether oxygens (including phenoxy) is 1. The lowest BCUT2D eigenvalue weighted by Gasteiger charge is -2.17. The number of amides is 1. The number of hydrogen-bond acceptors (Lipinski definition) is 4. The van der Waals surface area contributed by atoms with Crippen molar-refractivity contribution in [1.29, 1.82) is 0 Å². The zero-order valence-corrected chi connectivity index (χ0v) is 11.3.